The quantitative estimate of drug-likeness (QED) is 0.561. The molecule has 0 aromatic heterocycles. The van der Waals surface area contributed by atoms with Crippen molar-refractivity contribution in [3.8, 4) is 11.5 Å². The Bertz CT molecular complexity index is 804. The van der Waals surface area contributed by atoms with Gasteiger partial charge in [-0.1, -0.05) is 6.07 Å². The van der Waals surface area contributed by atoms with Crippen molar-refractivity contribution < 1.29 is 14.4 Å². The molecule has 1 aliphatic rings. The zero-order chi connectivity index (χ0) is 19.2. The van der Waals surface area contributed by atoms with Crippen LogP contribution in [-0.2, 0) is 6.42 Å². The average molecular weight is 371 g/mol. The molecule has 144 valence electrons. The zero-order valence-electron chi connectivity index (χ0n) is 15.7. The average Bonchev–Trinajstić information content (AvgIpc) is 3.22. The third kappa shape index (κ3) is 4.42. The molecule has 27 heavy (non-hydrogen) atoms. The first-order chi connectivity index (χ1) is 13.1. The summed E-state index contributed by atoms with van der Waals surface area (Å²) in [5.41, 5.74) is 2.76. The van der Waals surface area contributed by atoms with E-state index in [2.05, 4.69) is 10.2 Å². The summed E-state index contributed by atoms with van der Waals surface area (Å²) < 4.78 is 10.6. The molecule has 7 heteroatoms. The topological polar surface area (TPSA) is 76.9 Å². The highest BCUT2D eigenvalue weighted by Crippen LogP contribution is 2.31. The Labute approximate surface area is 159 Å². The molecule has 0 saturated carbocycles. The highest BCUT2D eigenvalue weighted by molar-refractivity contribution is 5.69. The molecular formula is C20H25N3O4. The first-order valence-corrected chi connectivity index (χ1v) is 9.10. The van der Waals surface area contributed by atoms with E-state index in [4.69, 9.17) is 9.47 Å². The van der Waals surface area contributed by atoms with Crippen LogP contribution in [0.5, 0.6) is 11.5 Å². The van der Waals surface area contributed by atoms with Crippen molar-refractivity contribution in [1.82, 2.24) is 0 Å². The van der Waals surface area contributed by atoms with Gasteiger partial charge < -0.3 is 19.7 Å². The number of anilines is 2. The highest BCUT2D eigenvalue weighted by atomic mass is 16.6. The molecule has 1 saturated heterocycles. The van der Waals surface area contributed by atoms with E-state index in [9.17, 15) is 10.1 Å². The minimum absolute atomic E-state index is 0.102. The molecule has 0 radical (unpaired) electrons. The lowest BCUT2D eigenvalue weighted by Gasteiger charge is -2.19. The maximum atomic E-state index is 11.4. The van der Waals surface area contributed by atoms with Crippen LogP contribution in [0.15, 0.2) is 36.4 Å². The Kier molecular flexibility index (Phi) is 6.01. The molecule has 1 fully saturated rings. The maximum absolute atomic E-state index is 11.4. The van der Waals surface area contributed by atoms with Crippen LogP contribution < -0.4 is 19.7 Å². The van der Waals surface area contributed by atoms with Gasteiger partial charge in [-0.25, -0.2) is 0 Å². The van der Waals surface area contributed by atoms with Gasteiger partial charge in [0.25, 0.3) is 5.69 Å². The molecule has 0 amide bonds. The number of nitrogens with zero attached hydrogens (tertiary/aromatic N) is 2. The van der Waals surface area contributed by atoms with E-state index in [0.717, 1.165) is 24.3 Å². The lowest BCUT2D eigenvalue weighted by molar-refractivity contribution is -0.383. The van der Waals surface area contributed by atoms with Gasteiger partial charge in [0.15, 0.2) is 11.5 Å². The molecule has 0 unspecified atom stereocenters. The fourth-order valence-corrected chi connectivity index (χ4v) is 3.37. The van der Waals surface area contributed by atoms with Gasteiger partial charge in [-0.2, -0.15) is 0 Å². The number of nitro benzene ring substituents is 1. The molecule has 0 spiro atoms. The van der Waals surface area contributed by atoms with E-state index in [-0.39, 0.29) is 10.6 Å². The molecule has 2 aromatic carbocycles. The van der Waals surface area contributed by atoms with Crippen molar-refractivity contribution in [3.63, 3.8) is 0 Å². The minimum Gasteiger partial charge on any atom is -0.493 e. The van der Waals surface area contributed by atoms with Crippen molar-refractivity contribution >= 4 is 17.1 Å². The molecular weight excluding hydrogens is 346 g/mol. The second-order valence-corrected chi connectivity index (χ2v) is 6.52. The van der Waals surface area contributed by atoms with Crippen LogP contribution in [0.3, 0.4) is 0 Å². The molecule has 1 aliphatic heterocycles. The monoisotopic (exact) mass is 371 g/mol. The summed E-state index contributed by atoms with van der Waals surface area (Å²) in [5.74, 6) is 1.36. The van der Waals surface area contributed by atoms with Gasteiger partial charge in [0.05, 0.1) is 19.1 Å². The lowest BCUT2D eigenvalue weighted by atomic mass is 10.1. The third-order valence-electron chi connectivity index (χ3n) is 4.83. The Hall–Kier alpha value is -2.96. The number of hydrogen-bond donors (Lipinski definition) is 1. The van der Waals surface area contributed by atoms with Crippen molar-refractivity contribution in [1.29, 1.82) is 0 Å². The number of ether oxygens (including phenoxy) is 2. The molecule has 3 rings (SSSR count). The first-order valence-electron chi connectivity index (χ1n) is 9.10. The van der Waals surface area contributed by atoms with Gasteiger partial charge in [-0.05, 0) is 49.1 Å². The number of rotatable bonds is 8. The first kappa shape index (κ1) is 18.8. The summed E-state index contributed by atoms with van der Waals surface area (Å²) in [5, 5.41) is 14.6. The van der Waals surface area contributed by atoms with Gasteiger partial charge in [-0.3, -0.25) is 10.1 Å². The Balaban J connectivity index is 1.70. The van der Waals surface area contributed by atoms with Crippen molar-refractivity contribution in [2.24, 2.45) is 0 Å². The van der Waals surface area contributed by atoms with Crippen molar-refractivity contribution in [2.45, 2.75) is 19.3 Å². The van der Waals surface area contributed by atoms with Crippen LogP contribution in [0.4, 0.5) is 17.1 Å². The highest BCUT2D eigenvalue weighted by Gasteiger charge is 2.18. The molecule has 0 atom stereocenters. The fourth-order valence-electron chi connectivity index (χ4n) is 3.37. The predicted octanol–water partition coefficient (Wildman–Crippen LogP) is 3.87. The summed E-state index contributed by atoms with van der Waals surface area (Å²) >= 11 is 0. The van der Waals surface area contributed by atoms with Gasteiger partial charge in [0.2, 0.25) is 0 Å². The summed E-state index contributed by atoms with van der Waals surface area (Å²) in [7, 11) is 3.21. The van der Waals surface area contributed by atoms with Gasteiger partial charge in [0, 0.05) is 31.4 Å². The van der Waals surface area contributed by atoms with Gasteiger partial charge >= 0.3 is 0 Å². The second-order valence-electron chi connectivity index (χ2n) is 6.52. The van der Waals surface area contributed by atoms with Crippen LogP contribution in [0, 0.1) is 10.1 Å². The molecule has 1 N–H and O–H groups in total. The fraction of sp³-hybridized carbons (Fsp3) is 0.400. The number of hydrogen-bond acceptors (Lipinski definition) is 6. The van der Waals surface area contributed by atoms with E-state index in [1.54, 1.807) is 20.3 Å². The normalized spacial score (nSPS) is 13.5. The molecule has 1 heterocycles. The maximum Gasteiger partial charge on any atom is 0.292 e. The van der Waals surface area contributed by atoms with Crippen molar-refractivity contribution in [3.05, 3.63) is 52.1 Å². The van der Waals surface area contributed by atoms with Crippen LogP contribution >= 0.6 is 0 Å². The molecule has 7 nitrogen and oxygen atoms in total. The second kappa shape index (κ2) is 8.62. The van der Waals surface area contributed by atoms with Crippen molar-refractivity contribution in [2.75, 3.05) is 44.1 Å². The minimum atomic E-state index is -0.341. The van der Waals surface area contributed by atoms with E-state index in [1.165, 1.54) is 12.8 Å². The van der Waals surface area contributed by atoms with E-state index in [0.29, 0.717) is 30.2 Å². The summed E-state index contributed by atoms with van der Waals surface area (Å²) in [6.07, 6.45) is 3.05. The van der Waals surface area contributed by atoms with E-state index in [1.807, 2.05) is 30.3 Å². The van der Waals surface area contributed by atoms with Gasteiger partial charge in [0.1, 0.15) is 5.69 Å². The zero-order valence-corrected chi connectivity index (χ0v) is 15.7. The Morgan fingerprint density at radius 3 is 2.48 bits per heavy atom. The third-order valence-corrected chi connectivity index (χ3v) is 4.83. The SMILES string of the molecule is COc1ccc(CCNc2cc(N3CCCC3)ccc2[N+](=O)[O-])cc1OC. The molecule has 0 bridgehead atoms. The number of nitro groups is 1. The lowest BCUT2D eigenvalue weighted by Crippen LogP contribution is -2.18. The molecule has 0 aliphatic carbocycles. The standard InChI is InChI=1S/C20H25N3O4/c1-26-19-8-5-15(13-20(19)27-2)9-10-21-17-14-16(22-11-3-4-12-22)6-7-18(17)23(24)25/h5-8,13-14,21H,3-4,9-12H2,1-2H3. The summed E-state index contributed by atoms with van der Waals surface area (Å²) in [4.78, 5) is 13.3. The van der Waals surface area contributed by atoms with Crippen LogP contribution in [0.1, 0.15) is 18.4 Å². The Morgan fingerprint density at radius 1 is 1.07 bits per heavy atom. The Morgan fingerprint density at radius 2 is 1.81 bits per heavy atom. The molecule has 2 aromatic rings. The summed E-state index contributed by atoms with van der Waals surface area (Å²) in [6.45, 7) is 2.59. The van der Waals surface area contributed by atoms with Crippen LogP contribution in [0.25, 0.3) is 0 Å². The number of nitrogens with one attached hydrogen (secondary N) is 1. The van der Waals surface area contributed by atoms with E-state index < -0.39 is 0 Å². The smallest absolute Gasteiger partial charge is 0.292 e. The largest absolute Gasteiger partial charge is 0.493 e. The van der Waals surface area contributed by atoms with Crippen LogP contribution in [0.2, 0.25) is 0 Å². The summed E-state index contributed by atoms with van der Waals surface area (Å²) in [6, 6.07) is 11.1. The van der Waals surface area contributed by atoms with Gasteiger partial charge in [-0.15, -0.1) is 0 Å². The number of benzene rings is 2. The van der Waals surface area contributed by atoms with Crippen LogP contribution in [-0.4, -0.2) is 38.8 Å². The van der Waals surface area contributed by atoms with E-state index >= 15 is 0 Å². The number of methoxy groups -OCH3 is 2. The predicted molar refractivity (Wildman–Crippen MR) is 106 cm³/mol.